The Balaban J connectivity index is 1.69. The van der Waals surface area contributed by atoms with Crippen molar-refractivity contribution in [3.8, 4) is 0 Å². The van der Waals surface area contributed by atoms with Crippen LogP contribution in [0.2, 0.25) is 0 Å². The van der Waals surface area contributed by atoms with Crippen molar-refractivity contribution < 1.29 is 19.0 Å². The van der Waals surface area contributed by atoms with Crippen molar-refractivity contribution in [1.82, 2.24) is 15.0 Å². The number of aromatic nitrogens is 3. The number of thioether (sulfide) groups is 2. The molecule has 0 radical (unpaired) electrons. The third-order valence-corrected chi connectivity index (χ3v) is 8.82. The number of thiophene rings is 1. The highest BCUT2D eigenvalue weighted by atomic mass is 32.2. The van der Waals surface area contributed by atoms with E-state index in [2.05, 4.69) is 18.7 Å². The van der Waals surface area contributed by atoms with Gasteiger partial charge in [0.15, 0.2) is 5.16 Å². The molecule has 5 rings (SSSR count). The van der Waals surface area contributed by atoms with Gasteiger partial charge in [-0.15, -0.1) is 23.1 Å². The number of anilines is 1. The molecule has 8 nitrogen and oxygen atoms in total. The number of esters is 1. The van der Waals surface area contributed by atoms with E-state index in [9.17, 15) is 4.79 Å². The van der Waals surface area contributed by atoms with Crippen LogP contribution in [0.1, 0.15) is 31.4 Å². The molecule has 5 heterocycles. The van der Waals surface area contributed by atoms with E-state index >= 15 is 0 Å². The zero-order valence-electron chi connectivity index (χ0n) is 19.8. The predicted octanol–water partition coefficient (Wildman–Crippen LogP) is 4.30. The maximum atomic E-state index is 11.6. The third-order valence-electron chi connectivity index (χ3n) is 6.08. The molecule has 0 spiro atoms. The molecule has 2 aliphatic rings. The van der Waals surface area contributed by atoms with Crippen LogP contribution in [0, 0.1) is 0 Å². The minimum atomic E-state index is -0.259. The fraction of sp³-hybridized carbons (Fsp3) is 0.565. The average Bonchev–Trinajstić information content (AvgIpc) is 3.22. The highest BCUT2D eigenvalue weighted by Crippen LogP contribution is 2.45. The minimum absolute atomic E-state index is 0.215. The molecule has 2 aliphatic heterocycles. The Morgan fingerprint density at radius 2 is 2.00 bits per heavy atom. The number of morpholine rings is 1. The SMILES string of the molecule is COC(=O)CCSc1nc(SC)nc2c1sc1nc(N3CCOCC3)c3c(c12)CC(C)(C)OC3. The maximum absolute atomic E-state index is 11.6. The molecular formula is C23H28N4O4S3. The fourth-order valence-corrected chi connectivity index (χ4v) is 6.96. The Morgan fingerprint density at radius 1 is 1.21 bits per heavy atom. The van der Waals surface area contributed by atoms with Gasteiger partial charge in [-0.2, -0.15) is 0 Å². The zero-order chi connectivity index (χ0) is 23.9. The van der Waals surface area contributed by atoms with Crippen molar-refractivity contribution in [2.75, 3.05) is 50.3 Å². The van der Waals surface area contributed by atoms with Gasteiger partial charge in [-0.25, -0.2) is 15.0 Å². The second kappa shape index (κ2) is 9.77. The number of hydrogen-bond donors (Lipinski definition) is 0. The molecule has 34 heavy (non-hydrogen) atoms. The molecule has 0 amide bonds. The van der Waals surface area contributed by atoms with Crippen molar-refractivity contribution in [2.24, 2.45) is 0 Å². The first-order valence-electron chi connectivity index (χ1n) is 11.3. The van der Waals surface area contributed by atoms with Crippen molar-refractivity contribution in [3.63, 3.8) is 0 Å². The largest absolute Gasteiger partial charge is 0.469 e. The lowest BCUT2D eigenvalue weighted by molar-refractivity contribution is -0.140. The van der Waals surface area contributed by atoms with E-state index in [4.69, 9.17) is 29.2 Å². The van der Waals surface area contributed by atoms with Crippen LogP contribution >= 0.6 is 34.9 Å². The van der Waals surface area contributed by atoms with E-state index in [0.717, 1.165) is 61.5 Å². The van der Waals surface area contributed by atoms with Crippen molar-refractivity contribution in [3.05, 3.63) is 11.1 Å². The van der Waals surface area contributed by atoms with Gasteiger partial charge in [0.2, 0.25) is 0 Å². The number of pyridine rings is 1. The number of ether oxygens (including phenoxy) is 3. The molecule has 1 saturated heterocycles. The fourth-order valence-electron chi connectivity index (χ4n) is 4.37. The summed E-state index contributed by atoms with van der Waals surface area (Å²) in [7, 11) is 1.42. The maximum Gasteiger partial charge on any atom is 0.306 e. The number of carbonyl (C=O) groups excluding carboxylic acids is 1. The Labute approximate surface area is 211 Å². The summed E-state index contributed by atoms with van der Waals surface area (Å²) in [5, 5.41) is 2.75. The van der Waals surface area contributed by atoms with Gasteiger partial charge in [-0.1, -0.05) is 11.8 Å². The first-order valence-corrected chi connectivity index (χ1v) is 14.3. The van der Waals surface area contributed by atoms with E-state index in [1.807, 2.05) is 6.26 Å². The molecule has 3 aromatic rings. The molecule has 11 heteroatoms. The zero-order valence-corrected chi connectivity index (χ0v) is 22.3. The Morgan fingerprint density at radius 3 is 2.74 bits per heavy atom. The van der Waals surface area contributed by atoms with Crippen LogP contribution in [0.25, 0.3) is 20.4 Å². The normalized spacial score (nSPS) is 17.8. The molecule has 0 bridgehead atoms. The Bertz CT molecular complexity index is 1240. The summed E-state index contributed by atoms with van der Waals surface area (Å²) in [6, 6.07) is 0. The smallest absolute Gasteiger partial charge is 0.306 e. The quantitative estimate of drug-likeness (QED) is 0.203. The molecule has 0 N–H and O–H groups in total. The number of rotatable bonds is 6. The second-order valence-corrected chi connectivity index (χ2v) is 11.7. The molecule has 0 aliphatic carbocycles. The first kappa shape index (κ1) is 24.1. The Kier molecular flexibility index (Phi) is 6.91. The summed E-state index contributed by atoms with van der Waals surface area (Å²) in [6.07, 6.45) is 3.13. The summed E-state index contributed by atoms with van der Waals surface area (Å²) in [4.78, 5) is 29.8. The molecule has 0 aromatic carbocycles. The lowest BCUT2D eigenvalue weighted by atomic mass is 9.90. The van der Waals surface area contributed by atoms with Gasteiger partial charge in [0.05, 0.1) is 49.2 Å². The summed E-state index contributed by atoms with van der Waals surface area (Å²) in [5.41, 5.74) is 3.14. The monoisotopic (exact) mass is 520 g/mol. The average molecular weight is 521 g/mol. The third kappa shape index (κ3) is 4.60. The van der Waals surface area contributed by atoms with Gasteiger partial charge in [0, 0.05) is 36.2 Å². The number of hydrogen-bond acceptors (Lipinski definition) is 11. The van der Waals surface area contributed by atoms with Gasteiger partial charge in [0.1, 0.15) is 15.7 Å². The molecule has 0 saturated carbocycles. The van der Waals surface area contributed by atoms with E-state index in [0.29, 0.717) is 32.0 Å². The van der Waals surface area contributed by atoms with Gasteiger partial charge < -0.3 is 19.1 Å². The number of carbonyl (C=O) groups is 1. The van der Waals surface area contributed by atoms with Crippen LogP contribution < -0.4 is 4.90 Å². The topological polar surface area (TPSA) is 86.7 Å². The highest BCUT2D eigenvalue weighted by molar-refractivity contribution is 7.99. The van der Waals surface area contributed by atoms with Crippen LogP contribution in [0.5, 0.6) is 0 Å². The molecule has 3 aromatic heterocycles. The van der Waals surface area contributed by atoms with E-state index in [1.165, 1.54) is 24.4 Å². The van der Waals surface area contributed by atoms with Crippen LogP contribution in [0.3, 0.4) is 0 Å². The number of nitrogens with zero attached hydrogens (tertiary/aromatic N) is 4. The molecular weight excluding hydrogens is 492 g/mol. The number of fused-ring (bicyclic) bond motifs is 5. The van der Waals surface area contributed by atoms with Crippen LogP contribution in [-0.4, -0.2) is 71.9 Å². The summed E-state index contributed by atoms with van der Waals surface area (Å²) >= 11 is 4.74. The molecule has 1 fully saturated rings. The highest BCUT2D eigenvalue weighted by Gasteiger charge is 2.33. The van der Waals surface area contributed by atoms with E-state index in [1.54, 1.807) is 23.1 Å². The van der Waals surface area contributed by atoms with Gasteiger partial charge in [-0.05, 0) is 25.7 Å². The van der Waals surface area contributed by atoms with Crippen LogP contribution in [0.4, 0.5) is 5.82 Å². The van der Waals surface area contributed by atoms with Gasteiger partial charge in [0.25, 0.3) is 0 Å². The van der Waals surface area contributed by atoms with Crippen LogP contribution in [0.15, 0.2) is 10.2 Å². The first-order chi connectivity index (χ1) is 16.4. The van der Waals surface area contributed by atoms with Gasteiger partial charge >= 0.3 is 5.97 Å². The van der Waals surface area contributed by atoms with Crippen molar-refractivity contribution in [1.29, 1.82) is 0 Å². The van der Waals surface area contributed by atoms with Crippen molar-refractivity contribution >= 4 is 67.1 Å². The molecule has 0 unspecified atom stereocenters. The van der Waals surface area contributed by atoms with E-state index in [-0.39, 0.29) is 11.6 Å². The second-order valence-electron chi connectivity index (χ2n) is 8.87. The lowest BCUT2D eigenvalue weighted by Crippen LogP contribution is -2.39. The van der Waals surface area contributed by atoms with Crippen molar-refractivity contribution in [2.45, 2.75) is 49.1 Å². The lowest BCUT2D eigenvalue weighted by Gasteiger charge is -2.36. The summed E-state index contributed by atoms with van der Waals surface area (Å²) < 4.78 is 17.6. The molecule has 0 atom stereocenters. The summed E-state index contributed by atoms with van der Waals surface area (Å²) in [6.45, 7) is 7.88. The summed E-state index contributed by atoms with van der Waals surface area (Å²) in [5.74, 6) is 1.39. The van der Waals surface area contributed by atoms with Crippen LogP contribution in [-0.2, 0) is 32.0 Å². The minimum Gasteiger partial charge on any atom is -0.469 e. The standard InChI is InChI=1S/C23H28N4O4S3/c1-23(2)11-13-14(12-31-23)19(27-6-8-30-9-7-27)25-20-16(13)17-18(34-20)21(26-22(24-17)32-4)33-10-5-15(28)29-3/h5-12H2,1-4H3. The number of methoxy groups -OCH3 is 1. The Hall–Kier alpha value is -1.66. The predicted molar refractivity (Wildman–Crippen MR) is 137 cm³/mol. The molecule has 182 valence electrons. The van der Waals surface area contributed by atoms with E-state index < -0.39 is 0 Å². The van der Waals surface area contributed by atoms with Gasteiger partial charge in [-0.3, -0.25) is 4.79 Å².